The summed E-state index contributed by atoms with van der Waals surface area (Å²) < 4.78 is 37.6. The Morgan fingerprint density at radius 1 is 1.13 bits per heavy atom. The predicted molar refractivity (Wildman–Crippen MR) is 111 cm³/mol. The molecule has 0 N–H and O–H groups in total. The van der Waals surface area contributed by atoms with Gasteiger partial charge in [-0.1, -0.05) is 19.1 Å². The number of ether oxygens (including phenoxy) is 2. The van der Waals surface area contributed by atoms with Crippen molar-refractivity contribution in [2.45, 2.75) is 38.8 Å². The van der Waals surface area contributed by atoms with Crippen LogP contribution in [-0.4, -0.2) is 30.6 Å². The molecule has 2 aromatic rings. The van der Waals surface area contributed by atoms with E-state index in [9.17, 15) is 18.8 Å². The summed E-state index contributed by atoms with van der Waals surface area (Å²) in [5, 5.41) is 9.78. The van der Waals surface area contributed by atoms with Gasteiger partial charge < -0.3 is 14.4 Å². The minimum atomic E-state index is -0.660. The first kappa shape index (κ1) is 22.3. The smallest absolute Gasteiger partial charge is 0.329 e. The molecule has 2 unspecified atom stereocenters. The number of esters is 1. The molecule has 0 saturated heterocycles. The number of halogens is 2. The Hall–Kier alpha value is -3.40. The first-order valence-electron chi connectivity index (χ1n) is 10.1. The summed E-state index contributed by atoms with van der Waals surface area (Å²) in [6.45, 7) is 3.96. The zero-order chi connectivity index (χ0) is 22.5. The van der Waals surface area contributed by atoms with Crippen molar-refractivity contribution >= 4 is 5.97 Å². The summed E-state index contributed by atoms with van der Waals surface area (Å²) in [5.74, 6) is -1.64. The second kappa shape index (κ2) is 9.61. The number of allylic oxidation sites excluding steroid dienone is 1. The Balaban J connectivity index is 1.83. The van der Waals surface area contributed by atoms with Crippen LogP contribution in [0, 0.1) is 23.0 Å². The summed E-state index contributed by atoms with van der Waals surface area (Å²) in [4.78, 5) is 14.5. The molecule has 0 saturated carbocycles. The van der Waals surface area contributed by atoms with Crippen LogP contribution in [-0.2, 0) is 16.1 Å². The number of carbonyl (C=O) groups excluding carboxylic acids is 1. The van der Waals surface area contributed by atoms with Gasteiger partial charge in [-0.05, 0) is 48.7 Å². The van der Waals surface area contributed by atoms with Gasteiger partial charge in [-0.25, -0.2) is 13.6 Å². The summed E-state index contributed by atoms with van der Waals surface area (Å²) in [6, 6.07) is 11.9. The summed E-state index contributed by atoms with van der Waals surface area (Å²) in [5.41, 5.74) is 2.53. The highest BCUT2D eigenvalue weighted by Gasteiger charge is 2.44. The second-order valence-corrected chi connectivity index (χ2v) is 7.25. The number of carbonyl (C=O) groups is 1. The zero-order valence-corrected chi connectivity index (χ0v) is 17.7. The SMILES string of the molecule is CCOC(=O)C1C(c2ccc(OCc3cc(F)cc(F)c3)cc2)C(C#N)=C(CC)N1C. The van der Waals surface area contributed by atoms with Crippen molar-refractivity contribution in [3.63, 3.8) is 0 Å². The maximum absolute atomic E-state index is 13.3. The quantitative estimate of drug-likeness (QED) is 0.601. The first-order chi connectivity index (χ1) is 14.9. The molecule has 1 heterocycles. The monoisotopic (exact) mass is 426 g/mol. The first-order valence-corrected chi connectivity index (χ1v) is 10.1. The molecule has 0 bridgehead atoms. The Bertz CT molecular complexity index is 1010. The van der Waals surface area contributed by atoms with Gasteiger partial charge in [0.15, 0.2) is 0 Å². The van der Waals surface area contributed by atoms with Crippen molar-refractivity contribution in [1.29, 1.82) is 5.26 Å². The largest absolute Gasteiger partial charge is 0.489 e. The maximum Gasteiger partial charge on any atom is 0.329 e. The molecule has 31 heavy (non-hydrogen) atoms. The minimum absolute atomic E-state index is 0.00890. The van der Waals surface area contributed by atoms with Gasteiger partial charge in [-0.15, -0.1) is 0 Å². The lowest BCUT2D eigenvalue weighted by Crippen LogP contribution is -2.39. The van der Waals surface area contributed by atoms with Gasteiger partial charge >= 0.3 is 5.97 Å². The molecule has 3 rings (SSSR count). The van der Waals surface area contributed by atoms with Crippen molar-refractivity contribution in [2.24, 2.45) is 0 Å². The van der Waals surface area contributed by atoms with Crippen LogP contribution in [0.25, 0.3) is 0 Å². The fourth-order valence-corrected chi connectivity index (χ4v) is 4.00. The van der Waals surface area contributed by atoms with E-state index in [0.29, 0.717) is 23.3 Å². The van der Waals surface area contributed by atoms with E-state index in [2.05, 4.69) is 6.07 Å². The molecule has 2 atom stereocenters. The molecule has 5 nitrogen and oxygen atoms in total. The molecular weight excluding hydrogens is 402 g/mol. The lowest BCUT2D eigenvalue weighted by Gasteiger charge is -2.27. The molecule has 0 radical (unpaired) electrons. The van der Waals surface area contributed by atoms with E-state index in [1.165, 1.54) is 12.1 Å². The molecule has 0 amide bonds. The van der Waals surface area contributed by atoms with E-state index in [-0.39, 0.29) is 19.2 Å². The maximum atomic E-state index is 13.3. The molecule has 0 aromatic heterocycles. The highest BCUT2D eigenvalue weighted by atomic mass is 19.1. The fraction of sp³-hybridized carbons (Fsp3) is 0.333. The molecule has 2 aromatic carbocycles. The van der Waals surface area contributed by atoms with E-state index < -0.39 is 23.6 Å². The third-order valence-electron chi connectivity index (χ3n) is 5.33. The molecule has 162 valence electrons. The molecular formula is C24H24F2N2O3. The minimum Gasteiger partial charge on any atom is -0.489 e. The Labute approximate surface area is 180 Å². The highest BCUT2D eigenvalue weighted by Crippen LogP contribution is 2.42. The summed E-state index contributed by atoms with van der Waals surface area (Å²) in [7, 11) is 1.80. The van der Waals surface area contributed by atoms with Crippen LogP contribution in [0.15, 0.2) is 53.7 Å². The molecule has 7 heteroatoms. The molecule has 0 fully saturated rings. The average Bonchev–Trinajstić information content (AvgIpc) is 3.03. The molecule has 1 aliphatic rings. The van der Waals surface area contributed by atoms with Gasteiger partial charge in [0.25, 0.3) is 0 Å². The van der Waals surface area contributed by atoms with E-state index >= 15 is 0 Å². The Morgan fingerprint density at radius 2 is 1.77 bits per heavy atom. The number of hydrogen-bond acceptors (Lipinski definition) is 5. The number of nitrogens with zero attached hydrogens (tertiary/aromatic N) is 2. The van der Waals surface area contributed by atoms with Crippen molar-refractivity contribution < 1.29 is 23.0 Å². The van der Waals surface area contributed by atoms with Gasteiger partial charge in [-0.2, -0.15) is 5.26 Å². The van der Waals surface area contributed by atoms with Crippen molar-refractivity contribution in [2.75, 3.05) is 13.7 Å². The summed E-state index contributed by atoms with van der Waals surface area (Å²) in [6.07, 6.45) is 0.622. The molecule has 1 aliphatic heterocycles. The fourth-order valence-electron chi connectivity index (χ4n) is 4.00. The summed E-state index contributed by atoms with van der Waals surface area (Å²) >= 11 is 0. The Morgan fingerprint density at radius 3 is 2.32 bits per heavy atom. The highest BCUT2D eigenvalue weighted by molar-refractivity contribution is 5.80. The second-order valence-electron chi connectivity index (χ2n) is 7.25. The van der Waals surface area contributed by atoms with Crippen LogP contribution >= 0.6 is 0 Å². The van der Waals surface area contributed by atoms with E-state index in [0.717, 1.165) is 17.3 Å². The van der Waals surface area contributed by atoms with Crippen molar-refractivity contribution in [3.8, 4) is 11.8 Å². The number of likely N-dealkylation sites (N-methyl/N-ethyl adjacent to an activating group) is 1. The van der Waals surface area contributed by atoms with Crippen molar-refractivity contribution in [3.05, 3.63) is 76.5 Å². The molecule has 0 spiro atoms. The standard InChI is InChI=1S/C24H24F2N2O3/c1-4-21-20(13-27)22(23(28(21)3)24(29)30-5-2)16-6-8-19(9-7-16)31-14-15-10-17(25)12-18(26)11-15/h6-12,22-23H,4-5,14H2,1-3H3. The predicted octanol–water partition coefficient (Wildman–Crippen LogP) is 4.69. The van der Waals surface area contributed by atoms with Gasteiger partial charge in [0.1, 0.15) is 30.0 Å². The molecule has 0 aliphatic carbocycles. The van der Waals surface area contributed by atoms with Gasteiger partial charge in [-0.3, -0.25) is 0 Å². The number of benzene rings is 2. The lowest BCUT2D eigenvalue weighted by molar-refractivity contribution is -0.148. The third-order valence-corrected chi connectivity index (χ3v) is 5.33. The van der Waals surface area contributed by atoms with Gasteiger partial charge in [0, 0.05) is 18.8 Å². The van der Waals surface area contributed by atoms with Crippen LogP contribution < -0.4 is 4.74 Å². The Kier molecular flexibility index (Phi) is 6.91. The topological polar surface area (TPSA) is 62.6 Å². The van der Waals surface area contributed by atoms with Gasteiger partial charge in [0.2, 0.25) is 0 Å². The lowest BCUT2D eigenvalue weighted by atomic mass is 9.87. The van der Waals surface area contributed by atoms with Crippen molar-refractivity contribution in [1.82, 2.24) is 4.90 Å². The number of rotatable bonds is 7. The average molecular weight is 426 g/mol. The van der Waals surface area contributed by atoms with Gasteiger partial charge in [0.05, 0.1) is 24.2 Å². The van der Waals surface area contributed by atoms with E-state index in [4.69, 9.17) is 9.47 Å². The van der Waals surface area contributed by atoms with Crippen LogP contribution in [0.2, 0.25) is 0 Å². The normalized spacial score (nSPS) is 18.1. The van der Waals surface area contributed by atoms with Crippen LogP contribution in [0.5, 0.6) is 5.75 Å². The number of nitriles is 1. The van der Waals surface area contributed by atoms with E-state index in [1.54, 1.807) is 38.2 Å². The van der Waals surface area contributed by atoms with Crippen LogP contribution in [0.4, 0.5) is 8.78 Å². The van der Waals surface area contributed by atoms with E-state index in [1.807, 2.05) is 11.8 Å². The zero-order valence-electron chi connectivity index (χ0n) is 17.7. The number of hydrogen-bond donors (Lipinski definition) is 0. The van der Waals surface area contributed by atoms with Crippen LogP contribution in [0.3, 0.4) is 0 Å². The van der Waals surface area contributed by atoms with Crippen LogP contribution in [0.1, 0.15) is 37.3 Å². The third kappa shape index (κ3) is 4.69.